The molecule has 0 heterocycles. The normalized spacial score (nSPS) is 34.6. The van der Waals surface area contributed by atoms with Crippen LogP contribution in [0.5, 0.6) is 0 Å². The Morgan fingerprint density at radius 3 is 2.23 bits per heavy atom. The highest BCUT2D eigenvalue weighted by molar-refractivity contribution is 9.09. The van der Waals surface area contributed by atoms with Crippen molar-refractivity contribution in [3.63, 3.8) is 0 Å². The van der Waals surface area contributed by atoms with Crippen LogP contribution >= 0.6 is 15.9 Å². The number of amides is 2. The molecule has 1 aromatic rings. The van der Waals surface area contributed by atoms with Gasteiger partial charge in [-0.3, -0.25) is 20.4 Å². The predicted octanol–water partition coefficient (Wildman–Crippen LogP) is 3.04. The second-order valence-corrected chi connectivity index (χ2v) is 8.07. The molecule has 4 nitrogen and oxygen atoms in total. The van der Waals surface area contributed by atoms with Crippen LogP contribution in [0, 0.1) is 16.2 Å². The molecular weight excluding hydrogens is 344 g/mol. The lowest BCUT2D eigenvalue weighted by Gasteiger charge is -2.64. The van der Waals surface area contributed by atoms with E-state index < -0.39 is 5.41 Å². The quantitative estimate of drug-likeness (QED) is 0.625. The topological polar surface area (TPSA) is 58.2 Å². The van der Waals surface area contributed by atoms with Gasteiger partial charge in [-0.1, -0.05) is 54.9 Å². The molecule has 22 heavy (non-hydrogen) atoms. The molecule has 3 fully saturated rings. The van der Waals surface area contributed by atoms with Gasteiger partial charge in [-0.05, 0) is 35.8 Å². The van der Waals surface area contributed by atoms with Crippen LogP contribution in [0.4, 0.5) is 0 Å². The SMILES string of the molecule is CC12CCC(C(=O)NNC(=O)c3ccccc3)(C1Br)C2(C)C. The minimum absolute atomic E-state index is 0.0876. The summed E-state index contributed by atoms with van der Waals surface area (Å²) in [6, 6.07) is 8.86. The molecule has 0 saturated heterocycles. The maximum absolute atomic E-state index is 12.8. The molecule has 3 aliphatic carbocycles. The Labute approximate surface area is 139 Å². The first-order chi connectivity index (χ1) is 10.3. The number of halogens is 1. The molecule has 3 aliphatic rings. The summed E-state index contributed by atoms with van der Waals surface area (Å²) in [5, 5.41) is 0. The Kier molecular flexibility index (Phi) is 3.40. The molecule has 118 valence electrons. The van der Waals surface area contributed by atoms with Gasteiger partial charge in [-0.2, -0.15) is 0 Å². The van der Waals surface area contributed by atoms with E-state index in [9.17, 15) is 9.59 Å². The summed E-state index contributed by atoms with van der Waals surface area (Å²) in [6.07, 6.45) is 1.87. The van der Waals surface area contributed by atoms with Crippen molar-refractivity contribution in [2.75, 3.05) is 0 Å². The van der Waals surface area contributed by atoms with Gasteiger partial charge in [0.1, 0.15) is 0 Å². The highest BCUT2D eigenvalue weighted by Gasteiger charge is 2.80. The summed E-state index contributed by atoms with van der Waals surface area (Å²) < 4.78 is 0. The van der Waals surface area contributed by atoms with Gasteiger partial charge >= 0.3 is 0 Å². The molecule has 3 unspecified atom stereocenters. The molecule has 0 aliphatic heterocycles. The van der Waals surface area contributed by atoms with Gasteiger partial charge in [0.15, 0.2) is 0 Å². The summed E-state index contributed by atoms with van der Waals surface area (Å²) in [4.78, 5) is 25.0. The van der Waals surface area contributed by atoms with E-state index in [2.05, 4.69) is 47.6 Å². The number of carbonyl (C=O) groups excluding carboxylic acids is 2. The Hall–Kier alpha value is -1.36. The highest BCUT2D eigenvalue weighted by Crippen LogP contribution is 2.79. The summed E-state index contributed by atoms with van der Waals surface area (Å²) in [6.45, 7) is 6.53. The lowest BCUT2D eigenvalue weighted by molar-refractivity contribution is -0.162. The summed E-state index contributed by atoms with van der Waals surface area (Å²) >= 11 is 3.72. The lowest BCUT2D eigenvalue weighted by atomic mass is 9.43. The number of benzene rings is 1. The van der Waals surface area contributed by atoms with Gasteiger partial charge in [0.2, 0.25) is 5.91 Å². The second kappa shape index (κ2) is 4.82. The standard InChI is InChI=1S/C17H21BrN2O2/c1-15(2)16(3)9-10-17(15,13(16)18)14(22)20-19-12(21)11-7-5-4-6-8-11/h4-8,13H,9-10H2,1-3H3,(H,19,21)(H,20,22). The number of carbonyl (C=O) groups is 2. The predicted molar refractivity (Wildman–Crippen MR) is 88.3 cm³/mol. The average molecular weight is 365 g/mol. The number of hydrazine groups is 1. The maximum atomic E-state index is 12.8. The van der Waals surface area contributed by atoms with E-state index in [4.69, 9.17) is 0 Å². The molecule has 3 saturated carbocycles. The van der Waals surface area contributed by atoms with Crippen LogP contribution in [-0.2, 0) is 4.79 Å². The Morgan fingerprint density at radius 1 is 1.09 bits per heavy atom. The maximum Gasteiger partial charge on any atom is 0.269 e. The van der Waals surface area contributed by atoms with Crippen LogP contribution in [0.15, 0.2) is 30.3 Å². The molecule has 0 radical (unpaired) electrons. The van der Waals surface area contributed by atoms with Gasteiger partial charge in [0, 0.05) is 10.4 Å². The number of fused-ring (bicyclic) bond motifs is 1. The fourth-order valence-electron chi connectivity index (χ4n) is 4.34. The number of alkyl halides is 1. The molecular formula is C17H21BrN2O2. The van der Waals surface area contributed by atoms with Gasteiger partial charge in [0.05, 0.1) is 5.41 Å². The summed E-state index contributed by atoms with van der Waals surface area (Å²) in [5.74, 6) is -0.395. The van der Waals surface area contributed by atoms with E-state index in [-0.39, 0.29) is 27.5 Å². The first-order valence-electron chi connectivity index (χ1n) is 7.57. The zero-order valence-electron chi connectivity index (χ0n) is 13.1. The fraction of sp³-hybridized carbons (Fsp3) is 0.529. The summed E-state index contributed by atoms with van der Waals surface area (Å²) in [5.41, 5.74) is 5.29. The highest BCUT2D eigenvalue weighted by atomic mass is 79.9. The van der Waals surface area contributed by atoms with Gasteiger partial charge in [0.25, 0.3) is 5.91 Å². The average Bonchev–Trinajstić information content (AvgIpc) is 2.93. The van der Waals surface area contributed by atoms with Gasteiger partial charge < -0.3 is 0 Å². The van der Waals surface area contributed by atoms with Gasteiger partial charge in [-0.15, -0.1) is 0 Å². The lowest BCUT2D eigenvalue weighted by Crippen LogP contribution is -2.70. The third kappa shape index (κ3) is 1.69. The monoisotopic (exact) mass is 364 g/mol. The van der Waals surface area contributed by atoms with Crippen molar-refractivity contribution >= 4 is 27.7 Å². The third-order valence-electron chi connectivity index (χ3n) is 6.30. The molecule has 3 atom stereocenters. The molecule has 0 aromatic heterocycles. The minimum Gasteiger partial charge on any atom is -0.273 e. The van der Waals surface area contributed by atoms with E-state index in [1.807, 2.05) is 6.07 Å². The van der Waals surface area contributed by atoms with Crippen molar-refractivity contribution in [2.45, 2.75) is 38.4 Å². The largest absolute Gasteiger partial charge is 0.273 e. The minimum atomic E-state index is -0.453. The molecule has 0 spiro atoms. The first kappa shape index (κ1) is 15.5. The van der Waals surface area contributed by atoms with E-state index >= 15 is 0 Å². The van der Waals surface area contributed by atoms with Crippen molar-refractivity contribution < 1.29 is 9.59 Å². The van der Waals surface area contributed by atoms with Crippen LogP contribution in [0.2, 0.25) is 0 Å². The molecule has 4 rings (SSSR count). The Morgan fingerprint density at radius 2 is 1.73 bits per heavy atom. The smallest absolute Gasteiger partial charge is 0.269 e. The second-order valence-electron chi connectivity index (χ2n) is 7.15. The van der Waals surface area contributed by atoms with E-state index in [1.165, 1.54) is 0 Å². The van der Waals surface area contributed by atoms with Crippen molar-refractivity contribution in [3.05, 3.63) is 35.9 Å². The van der Waals surface area contributed by atoms with Crippen molar-refractivity contribution in [1.29, 1.82) is 0 Å². The molecule has 2 N–H and O–H groups in total. The van der Waals surface area contributed by atoms with Crippen LogP contribution in [0.25, 0.3) is 0 Å². The van der Waals surface area contributed by atoms with E-state index in [0.29, 0.717) is 5.56 Å². The van der Waals surface area contributed by atoms with Crippen LogP contribution in [0.1, 0.15) is 44.0 Å². The van der Waals surface area contributed by atoms with Crippen LogP contribution < -0.4 is 10.9 Å². The number of hydrogen-bond donors (Lipinski definition) is 2. The van der Waals surface area contributed by atoms with Gasteiger partial charge in [-0.25, -0.2) is 0 Å². The van der Waals surface area contributed by atoms with Crippen molar-refractivity contribution in [1.82, 2.24) is 10.9 Å². The number of rotatable bonds is 2. The van der Waals surface area contributed by atoms with Crippen molar-refractivity contribution in [2.24, 2.45) is 16.2 Å². The first-order valence-corrected chi connectivity index (χ1v) is 8.49. The van der Waals surface area contributed by atoms with E-state index in [1.54, 1.807) is 24.3 Å². The van der Waals surface area contributed by atoms with Crippen LogP contribution in [0.3, 0.4) is 0 Å². The fourth-order valence-corrected chi connectivity index (χ4v) is 6.15. The number of nitrogens with one attached hydrogen (secondary N) is 2. The number of hydrogen-bond acceptors (Lipinski definition) is 2. The van der Waals surface area contributed by atoms with Crippen molar-refractivity contribution in [3.8, 4) is 0 Å². The molecule has 5 heteroatoms. The summed E-state index contributed by atoms with van der Waals surface area (Å²) in [7, 11) is 0. The molecule has 2 amide bonds. The Balaban J connectivity index is 1.70. The van der Waals surface area contributed by atoms with E-state index in [0.717, 1.165) is 12.8 Å². The third-order valence-corrected chi connectivity index (χ3v) is 8.10. The zero-order valence-corrected chi connectivity index (χ0v) is 14.7. The molecule has 1 aromatic carbocycles. The Bertz CT molecular complexity index is 631. The zero-order chi connectivity index (χ0) is 16.2. The van der Waals surface area contributed by atoms with Crippen LogP contribution in [-0.4, -0.2) is 16.6 Å². The molecule has 2 bridgehead atoms.